The number of fused-ring (bicyclic) bond motifs is 4. The van der Waals surface area contributed by atoms with E-state index in [0.29, 0.717) is 11.8 Å². The summed E-state index contributed by atoms with van der Waals surface area (Å²) in [5.41, 5.74) is 3.27. The molecule has 0 saturated heterocycles. The molecule has 0 aromatic heterocycles. The molecule has 0 amide bonds. The Bertz CT molecular complexity index is 759. The quantitative estimate of drug-likeness (QED) is 0.410. The van der Waals surface area contributed by atoms with Gasteiger partial charge in [-0.15, -0.1) is 0 Å². The predicted octanol–water partition coefficient (Wildman–Crippen LogP) is 5.98. The Morgan fingerprint density at radius 3 is 2.37 bits per heavy atom. The first-order valence-corrected chi connectivity index (χ1v) is 12.0. The van der Waals surface area contributed by atoms with Crippen LogP contribution in [0.15, 0.2) is 11.1 Å². The molecule has 0 aromatic rings. The fourth-order valence-electron chi connectivity index (χ4n) is 7.25. The summed E-state index contributed by atoms with van der Waals surface area (Å²) in [6, 6.07) is 0. The van der Waals surface area contributed by atoms with Crippen molar-refractivity contribution in [3.63, 3.8) is 0 Å². The van der Waals surface area contributed by atoms with E-state index in [9.17, 15) is 9.59 Å². The van der Waals surface area contributed by atoms with E-state index in [1.165, 1.54) is 19.3 Å². The van der Waals surface area contributed by atoms with Crippen LogP contribution in [0, 0.1) is 28.1 Å². The topological polar surface area (TPSA) is 52.6 Å². The highest BCUT2D eigenvalue weighted by Crippen LogP contribution is 2.63. The summed E-state index contributed by atoms with van der Waals surface area (Å²) in [5.74, 6) is 1.09. The summed E-state index contributed by atoms with van der Waals surface area (Å²) >= 11 is 0. The van der Waals surface area contributed by atoms with Crippen LogP contribution in [0.1, 0.15) is 99.3 Å². The number of ether oxygens (including phenoxy) is 2. The van der Waals surface area contributed by atoms with E-state index in [1.807, 2.05) is 20.8 Å². The second-order valence-corrected chi connectivity index (χ2v) is 12.0. The minimum Gasteiger partial charge on any atom is -0.462 e. The van der Waals surface area contributed by atoms with E-state index in [-0.39, 0.29) is 35.0 Å². The van der Waals surface area contributed by atoms with Crippen molar-refractivity contribution in [3.8, 4) is 0 Å². The lowest BCUT2D eigenvalue weighted by Crippen LogP contribution is -2.46. The van der Waals surface area contributed by atoms with Crippen molar-refractivity contribution in [2.45, 2.75) is 112 Å². The molecule has 0 spiro atoms. The molecular formula is C26H40O4. The standard InChI is InChI=1S/C26H40O4/c1-16(27)29-22-10-9-21-19-11-13-25(5)15-17(30-23(28)24(2,3)4)7-8-20(25)18(19)12-14-26(21,22)6/h17,19,21-22H,7-15H2,1-6H3/t17-,19-,21+,22+,25-,26+/m1/s1. The molecule has 4 aliphatic carbocycles. The molecule has 4 rings (SSSR count). The van der Waals surface area contributed by atoms with Gasteiger partial charge in [0.05, 0.1) is 5.41 Å². The third kappa shape index (κ3) is 3.62. The molecule has 0 radical (unpaired) electrons. The van der Waals surface area contributed by atoms with E-state index in [0.717, 1.165) is 38.5 Å². The molecule has 0 heterocycles. The second-order valence-electron chi connectivity index (χ2n) is 12.0. The fourth-order valence-corrected chi connectivity index (χ4v) is 7.25. The molecular weight excluding hydrogens is 376 g/mol. The number of carbonyl (C=O) groups is 2. The maximum Gasteiger partial charge on any atom is 0.311 e. The first-order valence-electron chi connectivity index (χ1n) is 12.0. The summed E-state index contributed by atoms with van der Waals surface area (Å²) in [6.07, 6.45) is 10.0. The average Bonchev–Trinajstić information content (AvgIpc) is 2.96. The molecule has 0 aromatic carbocycles. The van der Waals surface area contributed by atoms with Crippen molar-refractivity contribution >= 4 is 11.9 Å². The first kappa shape index (κ1) is 21.9. The molecule has 30 heavy (non-hydrogen) atoms. The number of rotatable bonds is 2. The predicted molar refractivity (Wildman–Crippen MR) is 117 cm³/mol. The van der Waals surface area contributed by atoms with Gasteiger partial charge in [-0.05, 0) is 95.8 Å². The maximum atomic E-state index is 12.4. The fraction of sp³-hybridized carbons (Fsp3) is 0.846. The van der Waals surface area contributed by atoms with Crippen molar-refractivity contribution in [2.75, 3.05) is 0 Å². The van der Waals surface area contributed by atoms with Gasteiger partial charge in [0.2, 0.25) is 0 Å². The Labute approximate surface area is 182 Å². The molecule has 0 bridgehead atoms. The number of esters is 2. The van der Waals surface area contributed by atoms with Gasteiger partial charge in [0, 0.05) is 12.3 Å². The van der Waals surface area contributed by atoms with Crippen LogP contribution in [0.3, 0.4) is 0 Å². The van der Waals surface area contributed by atoms with Crippen LogP contribution >= 0.6 is 0 Å². The highest BCUT2D eigenvalue weighted by atomic mass is 16.5. The van der Waals surface area contributed by atoms with Crippen molar-refractivity contribution in [2.24, 2.45) is 28.1 Å². The normalized spacial score (nSPS) is 40.9. The monoisotopic (exact) mass is 416 g/mol. The largest absolute Gasteiger partial charge is 0.462 e. The Morgan fingerprint density at radius 2 is 1.70 bits per heavy atom. The second kappa shape index (κ2) is 7.38. The minimum absolute atomic E-state index is 0.0521. The maximum absolute atomic E-state index is 12.4. The molecule has 0 N–H and O–H groups in total. The van der Waals surface area contributed by atoms with Crippen LogP contribution in [0.25, 0.3) is 0 Å². The molecule has 168 valence electrons. The van der Waals surface area contributed by atoms with E-state index in [2.05, 4.69) is 13.8 Å². The summed E-state index contributed by atoms with van der Waals surface area (Å²) in [5, 5.41) is 0. The Kier molecular flexibility index (Phi) is 5.38. The zero-order valence-corrected chi connectivity index (χ0v) is 19.8. The molecule has 3 saturated carbocycles. The molecule has 0 unspecified atom stereocenters. The lowest BCUT2D eigenvalue weighted by atomic mass is 9.53. The van der Waals surface area contributed by atoms with Crippen molar-refractivity contribution < 1.29 is 19.1 Å². The van der Waals surface area contributed by atoms with Gasteiger partial charge >= 0.3 is 11.9 Å². The zero-order valence-electron chi connectivity index (χ0n) is 19.8. The van der Waals surface area contributed by atoms with Gasteiger partial charge in [-0.3, -0.25) is 9.59 Å². The summed E-state index contributed by atoms with van der Waals surface area (Å²) in [6.45, 7) is 12.1. The van der Waals surface area contributed by atoms with Crippen LogP contribution in [0.2, 0.25) is 0 Å². The van der Waals surface area contributed by atoms with Crippen molar-refractivity contribution in [1.82, 2.24) is 0 Å². The summed E-state index contributed by atoms with van der Waals surface area (Å²) in [4.78, 5) is 24.1. The third-order valence-corrected chi connectivity index (χ3v) is 8.90. The smallest absolute Gasteiger partial charge is 0.311 e. The van der Waals surface area contributed by atoms with Crippen LogP contribution in [0.4, 0.5) is 0 Å². The van der Waals surface area contributed by atoms with E-state index in [1.54, 1.807) is 18.1 Å². The zero-order chi connectivity index (χ0) is 21.9. The van der Waals surface area contributed by atoms with Crippen LogP contribution in [-0.4, -0.2) is 24.1 Å². The van der Waals surface area contributed by atoms with E-state index >= 15 is 0 Å². The molecule has 4 nitrogen and oxygen atoms in total. The molecule has 6 atom stereocenters. The van der Waals surface area contributed by atoms with Crippen LogP contribution in [-0.2, 0) is 19.1 Å². The number of hydrogen-bond acceptors (Lipinski definition) is 4. The average molecular weight is 417 g/mol. The lowest BCUT2D eigenvalue weighted by Gasteiger charge is -2.53. The van der Waals surface area contributed by atoms with Gasteiger partial charge in [0.25, 0.3) is 0 Å². The molecule has 0 aliphatic heterocycles. The van der Waals surface area contributed by atoms with Crippen molar-refractivity contribution in [3.05, 3.63) is 11.1 Å². The minimum atomic E-state index is -0.438. The molecule has 4 heteroatoms. The Balaban J connectivity index is 1.53. The Morgan fingerprint density at radius 1 is 0.967 bits per heavy atom. The summed E-state index contributed by atoms with van der Waals surface area (Å²) in [7, 11) is 0. The molecule has 3 fully saturated rings. The van der Waals surface area contributed by atoms with Crippen molar-refractivity contribution in [1.29, 1.82) is 0 Å². The first-order chi connectivity index (χ1) is 13.9. The van der Waals surface area contributed by atoms with Gasteiger partial charge in [-0.25, -0.2) is 0 Å². The highest BCUT2D eigenvalue weighted by Gasteiger charge is 2.56. The van der Waals surface area contributed by atoms with Crippen LogP contribution in [0.5, 0.6) is 0 Å². The highest BCUT2D eigenvalue weighted by molar-refractivity contribution is 5.75. The lowest BCUT2D eigenvalue weighted by molar-refractivity contribution is -0.161. The van der Waals surface area contributed by atoms with E-state index < -0.39 is 5.41 Å². The number of hydrogen-bond donors (Lipinski definition) is 0. The van der Waals surface area contributed by atoms with Gasteiger partial charge < -0.3 is 9.47 Å². The van der Waals surface area contributed by atoms with Gasteiger partial charge in [0.1, 0.15) is 12.2 Å². The summed E-state index contributed by atoms with van der Waals surface area (Å²) < 4.78 is 11.7. The van der Waals surface area contributed by atoms with Gasteiger partial charge in [-0.1, -0.05) is 25.0 Å². The number of carbonyl (C=O) groups excluding carboxylic acids is 2. The van der Waals surface area contributed by atoms with Crippen LogP contribution < -0.4 is 0 Å². The van der Waals surface area contributed by atoms with Gasteiger partial charge in [-0.2, -0.15) is 0 Å². The van der Waals surface area contributed by atoms with Gasteiger partial charge in [0.15, 0.2) is 0 Å². The SMILES string of the molecule is CC(=O)O[C@H]1CC[C@H]2[C@@H]3CC[C@]4(C)C[C@H](OC(=O)C(C)(C)C)CCC4=C3CC[C@]12C. The Hall–Kier alpha value is -1.32. The third-order valence-electron chi connectivity index (χ3n) is 8.90. The number of allylic oxidation sites excluding steroid dienone is 2. The van der Waals surface area contributed by atoms with E-state index in [4.69, 9.17) is 9.47 Å². The molecule has 4 aliphatic rings.